The van der Waals surface area contributed by atoms with Crippen LogP contribution < -0.4 is 0 Å². The van der Waals surface area contributed by atoms with Gasteiger partial charge in [-0.3, -0.25) is 14.7 Å². The smallest absolute Gasteiger partial charge is 0.257 e. The molecule has 0 unspecified atom stereocenters. The highest BCUT2D eigenvalue weighted by molar-refractivity contribution is 6.30. The Balaban J connectivity index is 1.75. The Labute approximate surface area is 225 Å². The quantitative estimate of drug-likeness (QED) is 0.471. The number of aliphatic hydroxyl groups is 2. The summed E-state index contributed by atoms with van der Waals surface area (Å²) >= 11 is 6.19. The average molecular weight is 536 g/mol. The van der Waals surface area contributed by atoms with Crippen molar-refractivity contribution >= 4 is 17.5 Å². The van der Waals surface area contributed by atoms with Crippen molar-refractivity contribution in [2.24, 2.45) is 0 Å². The van der Waals surface area contributed by atoms with E-state index >= 15 is 4.39 Å². The fourth-order valence-corrected chi connectivity index (χ4v) is 5.38. The lowest BCUT2D eigenvalue weighted by molar-refractivity contribution is -0.149. The zero-order chi connectivity index (χ0) is 27.2. The summed E-state index contributed by atoms with van der Waals surface area (Å²) in [6.45, 7) is 3.00. The third-order valence-corrected chi connectivity index (χ3v) is 7.45. The van der Waals surface area contributed by atoms with Crippen LogP contribution in [0.2, 0.25) is 5.02 Å². The first-order chi connectivity index (χ1) is 18.0. The maximum Gasteiger partial charge on any atom is 0.257 e. The van der Waals surface area contributed by atoms with E-state index in [1.807, 2.05) is 6.07 Å². The number of aliphatic hydroxyl groups excluding tert-OH is 1. The van der Waals surface area contributed by atoms with Crippen LogP contribution in [-0.2, 0) is 22.6 Å². The molecule has 1 fully saturated rings. The van der Waals surface area contributed by atoms with Gasteiger partial charge in [-0.25, -0.2) is 4.39 Å². The largest absolute Gasteiger partial charge is 0.393 e. The number of hydrogen-bond donors (Lipinski definition) is 2. The number of carbonyl (C=O) groups is 1. The van der Waals surface area contributed by atoms with E-state index in [4.69, 9.17) is 21.6 Å². The van der Waals surface area contributed by atoms with Gasteiger partial charge in [-0.15, -0.1) is 0 Å². The number of fused-ring (bicyclic) bond motifs is 1. The first-order valence-corrected chi connectivity index (χ1v) is 12.8. The van der Waals surface area contributed by atoms with Crippen molar-refractivity contribution < 1.29 is 24.1 Å². The minimum absolute atomic E-state index is 0.0351. The summed E-state index contributed by atoms with van der Waals surface area (Å²) in [6, 6.07) is 14.7. The van der Waals surface area contributed by atoms with Crippen LogP contribution in [0.4, 0.5) is 4.39 Å². The second kappa shape index (κ2) is 9.75. The van der Waals surface area contributed by atoms with E-state index in [0.29, 0.717) is 41.1 Å². The van der Waals surface area contributed by atoms with Crippen molar-refractivity contribution in [1.29, 1.82) is 5.26 Å². The summed E-state index contributed by atoms with van der Waals surface area (Å²) in [6.07, 6.45) is 1.80. The van der Waals surface area contributed by atoms with Gasteiger partial charge in [0.25, 0.3) is 5.91 Å². The number of hydrogen-bond acceptors (Lipinski definition) is 6. The fourth-order valence-electron chi connectivity index (χ4n) is 5.26. The molecule has 0 saturated heterocycles. The van der Waals surface area contributed by atoms with E-state index in [1.54, 1.807) is 36.4 Å². The van der Waals surface area contributed by atoms with Crippen molar-refractivity contribution in [1.82, 2.24) is 9.88 Å². The number of ether oxygens (including phenoxy) is 1. The molecule has 0 radical (unpaired) electrons. The van der Waals surface area contributed by atoms with Crippen LogP contribution >= 0.6 is 11.6 Å². The molecule has 1 aliphatic carbocycles. The second-order valence-corrected chi connectivity index (χ2v) is 10.8. The Morgan fingerprint density at radius 3 is 2.55 bits per heavy atom. The number of benzene rings is 2. The van der Waals surface area contributed by atoms with Crippen LogP contribution in [-0.4, -0.2) is 38.2 Å². The topological polar surface area (TPSA) is 107 Å². The van der Waals surface area contributed by atoms with Crippen molar-refractivity contribution in [3.05, 3.63) is 99.1 Å². The summed E-state index contributed by atoms with van der Waals surface area (Å²) in [5.74, 6) is -1.19. The van der Waals surface area contributed by atoms with Crippen molar-refractivity contribution in [2.45, 2.75) is 63.2 Å². The number of aromatic nitrogens is 1. The zero-order valence-electron chi connectivity index (χ0n) is 21.0. The highest BCUT2D eigenvalue weighted by Crippen LogP contribution is 2.50. The molecule has 3 aromatic rings. The molecule has 1 amide bonds. The highest BCUT2D eigenvalue weighted by atomic mass is 35.5. The van der Waals surface area contributed by atoms with Gasteiger partial charge >= 0.3 is 0 Å². The summed E-state index contributed by atoms with van der Waals surface area (Å²) in [7, 11) is 0. The molecule has 1 saturated carbocycles. The van der Waals surface area contributed by atoms with E-state index < -0.39 is 35.3 Å². The van der Waals surface area contributed by atoms with Gasteiger partial charge in [-0.2, -0.15) is 5.26 Å². The molecule has 2 N–H and O–H groups in total. The molecule has 0 spiro atoms. The maximum absolute atomic E-state index is 16.2. The van der Waals surface area contributed by atoms with Crippen LogP contribution in [0.1, 0.15) is 71.4 Å². The molecule has 2 aromatic carbocycles. The first-order valence-electron chi connectivity index (χ1n) is 12.4. The minimum Gasteiger partial charge on any atom is -0.393 e. The molecule has 7 nitrogen and oxygen atoms in total. The van der Waals surface area contributed by atoms with Gasteiger partial charge in [-0.05, 0) is 75.1 Å². The molecule has 3 atom stereocenters. The Morgan fingerprint density at radius 1 is 1.24 bits per heavy atom. The predicted octanol–water partition coefficient (Wildman–Crippen LogP) is 4.76. The third kappa shape index (κ3) is 4.56. The van der Waals surface area contributed by atoms with E-state index in [2.05, 4.69) is 4.98 Å². The average Bonchev–Trinajstić information content (AvgIpc) is 3.39. The summed E-state index contributed by atoms with van der Waals surface area (Å²) in [5.41, 5.74) is -1.40. The van der Waals surface area contributed by atoms with Gasteiger partial charge in [0.15, 0.2) is 0 Å². The molecule has 38 heavy (non-hydrogen) atoms. The maximum atomic E-state index is 16.2. The van der Waals surface area contributed by atoms with Crippen LogP contribution in [0.25, 0.3) is 0 Å². The SMILES string of the molecule is CC(C)(O)c1cc(F)c2c(c1)C(=O)N(Cc1ccc(C#N)cn1)[C@@]2(O[C@@H]1CC[C@@H](O)C1)c1ccc(Cl)cc1. The van der Waals surface area contributed by atoms with E-state index in [0.717, 1.165) is 0 Å². The molecule has 0 bridgehead atoms. The molecule has 5 rings (SSSR count). The molecular formula is C29H27ClFN3O4. The van der Waals surface area contributed by atoms with Crippen molar-refractivity contribution in [3.8, 4) is 6.07 Å². The zero-order valence-corrected chi connectivity index (χ0v) is 21.7. The molecule has 1 aromatic heterocycles. The molecular weight excluding hydrogens is 509 g/mol. The first kappa shape index (κ1) is 26.3. The number of rotatable bonds is 6. The van der Waals surface area contributed by atoms with Gasteiger partial charge in [0.05, 0.1) is 46.7 Å². The molecule has 1 aliphatic heterocycles. The van der Waals surface area contributed by atoms with Crippen LogP contribution in [0.5, 0.6) is 0 Å². The Morgan fingerprint density at radius 2 is 1.97 bits per heavy atom. The van der Waals surface area contributed by atoms with Gasteiger partial charge in [0.1, 0.15) is 11.9 Å². The Kier molecular flexibility index (Phi) is 6.74. The Hall–Kier alpha value is -3.35. The number of amides is 1. The van der Waals surface area contributed by atoms with Gasteiger partial charge in [-0.1, -0.05) is 23.7 Å². The second-order valence-electron chi connectivity index (χ2n) is 10.3. The number of carbonyl (C=O) groups excluding carboxylic acids is 1. The fraction of sp³-hybridized carbons (Fsp3) is 0.345. The van der Waals surface area contributed by atoms with Crippen LogP contribution in [0.15, 0.2) is 54.7 Å². The van der Waals surface area contributed by atoms with E-state index in [9.17, 15) is 15.0 Å². The minimum atomic E-state index is -1.69. The third-order valence-electron chi connectivity index (χ3n) is 7.19. The monoisotopic (exact) mass is 535 g/mol. The molecule has 9 heteroatoms. The summed E-state index contributed by atoms with van der Waals surface area (Å²) < 4.78 is 22.9. The summed E-state index contributed by atoms with van der Waals surface area (Å²) in [5, 5.41) is 30.5. The Bertz CT molecular complexity index is 1420. The molecule has 196 valence electrons. The standard InChI is InChI=1S/C29H27ClFN3O4/c1-28(2,37)19-11-24-26(25(31)12-19)29(18-4-6-20(30)7-5-18,38-23-10-9-22(35)13-23)34(27(24)36)16-21-8-3-17(14-32)15-33-21/h3-8,11-12,15,22-23,35,37H,9-10,13,16H2,1-2H3/t22-,23-,29-/m1/s1. The van der Waals surface area contributed by atoms with E-state index in [-0.39, 0.29) is 23.2 Å². The van der Waals surface area contributed by atoms with Crippen molar-refractivity contribution in [2.75, 3.05) is 0 Å². The van der Waals surface area contributed by atoms with Crippen LogP contribution in [0, 0.1) is 17.1 Å². The highest BCUT2D eigenvalue weighted by Gasteiger charge is 2.56. The molecule has 2 heterocycles. The van der Waals surface area contributed by atoms with Crippen LogP contribution in [0.3, 0.4) is 0 Å². The predicted molar refractivity (Wildman–Crippen MR) is 137 cm³/mol. The van der Waals surface area contributed by atoms with Gasteiger partial charge in [0.2, 0.25) is 5.72 Å². The van der Waals surface area contributed by atoms with Gasteiger partial charge < -0.3 is 14.9 Å². The van der Waals surface area contributed by atoms with Crippen molar-refractivity contribution in [3.63, 3.8) is 0 Å². The number of halogens is 2. The lowest BCUT2D eigenvalue weighted by Gasteiger charge is -2.41. The number of nitriles is 1. The number of nitrogens with zero attached hydrogens (tertiary/aromatic N) is 3. The normalized spacial score (nSPS) is 23.0. The lowest BCUT2D eigenvalue weighted by Crippen LogP contribution is -2.48. The lowest BCUT2D eigenvalue weighted by atomic mass is 9.88. The van der Waals surface area contributed by atoms with E-state index in [1.165, 1.54) is 37.1 Å². The molecule has 2 aliphatic rings. The van der Waals surface area contributed by atoms with Gasteiger partial charge in [0, 0.05) is 16.8 Å². The summed E-state index contributed by atoms with van der Waals surface area (Å²) in [4.78, 5) is 19.9. The number of pyridine rings is 1.